The molecule has 2 N–H and O–H groups in total. The van der Waals surface area contributed by atoms with E-state index in [0.717, 1.165) is 24.5 Å². The molecule has 2 heteroatoms. The summed E-state index contributed by atoms with van der Waals surface area (Å²) in [5.74, 6) is 1.41. The van der Waals surface area contributed by atoms with Gasteiger partial charge < -0.3 is 10.5 Å². The highest BCUT2D eigenvalue weighted by Gasteiger charge is 2.05. The average molecular weight is 221 g/mol. The van der Waals surface area contributed by atoms with Crippen LogP contribution < -0.4 is 10.5 Å². The Hall–Kier alpha value is -1.18. The van der Waals surface area contributed by atoms with Gasteiger partial charge in [-0.2, -0.15) is 0 Å². The van der Waals surface area contributed by atoms with Gasteiger partial charge in [-0.25, -0.2) is 0 Å². The number of anilines is 1. The van der Waals surface area contributed by atoms with E-state index < -0.39 is 0 Å². The van der Waals surface area contributed by atoms with E-state index in [2.05, 4.69) is 26.8 Å². The fraction of sp³-hybridized carbons (Fsp3) is 0.571. The van der Waals surface area contributed by atoms with E-state index in [-0.39, 0.29) is 0 Å². The summed E-state index contributed by atoms with van der Waals surface area (Å²) in [5.41, 5.74) is 7.94. The largest absolute Gasteiger partial charge is 0.491 e. The Labute approximate surface area is 98.8 Å². The fourth-order valence-corrected chi connectivity index (χ4v) is 1.76. The summed E-state index contributed by atoms with van der Waals surface area (Å²) >= 11 is 0. The molecule has 0 saturated carbocycles. The highest BCUT2D eigenvalue weighted by Crippen LogP contribution is 2.23. The lowest BCUT2D eigenvalue weighted by Crippen LogP contribution is -2.09. The summed E-state index contributed by atoms with van der Waals surface area (Å²) in [4.78, 5) is 0. The zero-order valence-electron chi connectivity index (χ0n) is 10.6. The molecule has 16 heavy (non-hydrogen) atoms. The van der Waals surface area contributed by atoms with Crippen molar-refractivity contribution in [1.82, 2.24) is 0 Å². The molecule has 1 aromatic carbocycles. The number of hydrogen-bond acceptors (Lipinski definition) is 2. The van der Waals surface area contributed by atoms with Crippen LogP contribution in [0, 0.1) is 5.92 Å². The van der Waals surface area contributed by atoms with E-state index in [0.29, 0.717) is 5.92 Å². The lowest BCUT2D eigenvalue weighted by atomic mass is 10.1. The molecule has 0 amide bonds. The molecule has 1 aromatic rings. The van der Waals surface area contributed by atoms with Crippen molar-refractivity contribution in [2.75, 3.05) is 12.3 Å². The lowest BCUT2D eigenvalue weighted by Gasteiger charge is -2.14. The molecule has 0 spiro atoms. The number of benzene rings is 1. The van der Waals surface area contributed by atoms with Gasteiger partial charge in [0.15, 0.2) is 0 Å². The third kappa shape index (κ3) is 3.76. The Morgan fingerprint density at radius 2 is 2.06 bits per heavy atom. The molecule has 0 fully saturated rings. The first-order chi connectivity index (χ1) is 7.67. The third-order valence-electron chi connectivity index (χ3n) is 2.79. The molecule has 0 heterocycles. The van der Waals surface area contributed by atoms with Crippen LogP contribution in [0.1, 0.15) is 39.2 Å². The van der Waals surface area contributed by atoms with Crippen LogP contribution in [0.3, 0.4) is 0 Å². The molecule has 1 atom stereocenters. The maximum absolute atomic E-state index is 5.93. The van der Waals surface area contributed by atoms with Gasteiger partial charge in [0.1, 0.15) is 5.75 Å². The molecule has 0 aliphatic heterocycles. The van der Waals surface area contributed by atoms with Crippen LogP contribution in [-0.2, 0) is 6.42 Å². The zero-order valence-corrected chi connectivity index (χ0v) is 10.6. The van der Waals surface area contributed by atoms with Crippen molar-refractivity contribution in [3.63, 3.8) is 0 Å². The second kappa shape index (κ2) is 6.41. The van der Waals surface area contributed by atoms with Gasteiger partial charge in [-0.15, -0.1) is 0 Å². The summed E-state index contributed by atoms with van der Waals surface area (Å²) < 4.78 is 5.73. The van der Waals surface area contributed by atoms with Crippen LogP contribution >= 0.6 is 0 Å². The van der Waals surface area contributed by atoms with Crippen molar-refractivity contribution in [3.8, 4) is 5.75 Å². The molecule has 0 radical (unpaired) electrons. The SMILES string of the molecule is CCCC(C)COc1ccc(CC)cc1N. The standard InChI is InChI=1S/C14H23NO/c1-4-6-11(3)10-16-14-8-7-12(5-2)9-13(14)15/h7-9,11H,4-6,10,15H2,1-3H3. The summed E-state index contributed by atoms with van der Waals surface area (Å²) in [6, 6.07) is 6.06. The molecule has 1 rings (SSSR count). The van der Waals surface area contributed by atoms with Crippen molar-refractivity contribution >= 4 is 5.69 Å². The normalized spacial score (nSPS) is 12.4. The third-order valence-corrected chi connectivity index (χ3v) is 2.79. The summed E-state index contributed by atoms with van der Waals surface area (Å²) in [6.07, 6.45) is 3.42. The van der Waals surface area contributed by atoms with Crippen LogP contribution in [0.5, 0.6) is 5.75 Å². The van der Waals surface area contributed by atoms with E-state index >= 15 is 0 Å². The van der Waals surface area contributed by atoms with Crippen molar-refractivity contribution in [3.05, 3.63) is 23.8 Å². The van der Waals surface area contributed by atoms with E-state index in [9.17, 15) is 0 Å². The van der Waals surface area contributed by atoms with Crippen LogP contribution in [0.25, 0.3) is 0 Å². The molecule has 0 aromatic heterocycles. The van der Waals surface area contributed by atoms with E-state index in [4.69, 9.17) is 10.5 Å². The monoisotopic (exact) mass is 221 g/mol. The van der Waals surface area contributed by atoms with Crippen LogP contribution in [-0.4, -0.2) is 6.61 Å². The van der Waals surface area contributed by atoms with Crippen LogP contribution in [0.2, 0.25) is 0 Å². The van der Waals surface area contributed by atoms with E-state index in [1.54, 1.807) is 0 Å². The van der Waals surface area contributed by atoms with Gasteiger partial charge in [0, 0.05) is 0 Å². The Morgan fingerprint density at radius 1 is 1.31 bits per heavy atom. The fourth-order valence-electron chi connectivity index (χ4n) is 1.76. The predicted molar refractivity (Wildman–Crippen MR) is 69.8 cm³/mol. The number of nitrogen functional groups attached to an aromatic ring is 1. The molecule has 0 saturated heterocycles. The molecule has 90 valence electrons. The van der Waals surface area contributed by atoms with Gasteiger partial charge in [0.2, 0.25) is 0 Å². The molecule has 0 bridgehead atoms. The zero-order chi connectivity index (χ0) is 12.0. The first kappa shape index (κ1) is 12.9. The second-order valence-corrected chi connectivity index (χ2v) is 4.43. The van der Waals surface area contributed by atoms with Crippen molar-refractivity contribution < 1.29 is 4.74 Å². The first-order valence-corrected chi connectivity index (χ1v) is 6.18. The minimum atomic E-state index is 0.593. The second-order valence-electron chi connectivity index (χ2n) is 4.43. The van der Waals surface area contributed by atoms with E-state index in [1.807, 2.05) is 12.1 Å². The Morgan fingerprint density at radius 3 is 2.62 bits per heavy atom. The molecule has 2 nitrogen and oxygen atoms in total. The van der Waals surface area contributed by atoms with Crippen LogP contribution in [0.15, 0.2) is 18.2 Å². The van der Waals surface area contributed by atoms with Crippen molar-refractivity contribution in [2.45, 2.75) is 40.0 Å². The maximum atomic E-state index is 5.93. The summed E-state index contributed by atoms with van der Waals surface area (Å²) in [7, 11) is 0. The lowest BCUT2D eigenvalue weighted by molar-refractivity contribution is 0.253. The van der Waals surface area contributed by atoms with Gasteiger partial charge in [-0.3, -0.25) is 0 Å². The topological polar surface area (TPSA) is 35.2 Å². The van der Waals surface area contributed by atoms with Gasteiger partial charge in [-0.05, 0) is 36.5 Å². The molecule has 0 aliphatic carbocycles. The first-order valence-electron chi connectivity index (χ1n) is 6.18. The number of nitrogens with two attached hydrogens (primary N) is 1. The molecular formula is C14H23NO. The van der Waals surface area contributed by atoms with Gasteiger partial charge >= 0.3 is 0 Å². The highest BCUT2D eigenvalue weighted by molar-refractivity contribution is 5.54. The predicted octanol–water partition coefficient (Wildman–Crippen LogP) is 3.65. The van der Waals surface area contributed by atoms with Crippen molar-refractivity contribution in [2.24, 2.45) is 5.92 Å². The Bertz CT molecular complexity index is 323. The Balaban J connectivity index is 2.54. The number of aryl methyl sites for hydroxylation is 1. The molecule has 1 unspecified atom stereocenters. The number of hydrogen-bond donors (Lipinski definition) is 1. The molecular weight excluding hydrogens is 198 g/mol. The number of ether oxygens (including phenoxy) is 1. The van der Waals surface area contributed by atoms with E-state index in [1.165, 1.54) is 18.4 Å². The van der Waals surface area contributed by atoms with Crippen molar-refractivity contribution in [1.29, 1.82) is 0 Å². The maximum Gasteiger partial charge on any atom is 0.142 e. The number of rotatable bonds is 6. The molecule has 0 aliphatic rings. The van der Waals surface area contributed by atoms with Crippen LogP contribution in [0.4, 0.5) is 5.69 Å². The minimum Gasteiger partial charge on any atom is -0.491 e. The van der Waals surface area contributed by atoms with Gasteiger partial charge in [0.25, 0.3) is 0 Å². The minimum absolute atomic E-state index is 0.593. The summed E-state index contributed by atoms with van der Waals surface area (Å²) in [5, 5.41) is 0. The average Bonchev–Trinajstić information content (AvgIpc) is 2.27. The highest BCUT2D eigenvalue weighted by atomic mass is 16.5. The quantitative estimate of drug-likeness (QED) is 0.744. The summed E-state index contributed by atoms with van der Waals surface area (Å²) in [6.45, 7) is 7.28. The smallest absolute Gasteiger partial charge is 0.142 e. The van der Waals surface area contributed by atoms with Gasteiger partial charge in [0.05, 0.1) is 12.3 Å². The Kier molecular flexibility index (Phi) is 5.17. The van der Waals surface area contributed by atoms with Gasteiger partial charge in [-0.1, -0.05) is 33.3 Å².